The fourth-order valence-corrected chi connectivity index (χ4v) is 4.70. The van der Waals surface area contributed by atoms with Crippen LogP contribution in [0.4, 0.5) is 0 Å². The van der Waals surface area contributed by atoms with Gasteiger partial charge in [0, 0.05) is 25.2 Å². The van der Waals surface area contributed by atoms with Gasteiger partial charge in [-0.15, -0.1) is 10.2 Å². The van der Waals surface area contributed by atoms with Crippen LogP contribution in [0.15, 0.2) is 47.6 Å². The van der Waals surface area contributed by atoms with E-state index >= 15 is 0 Å². The summed E-state index contributed by atoms with van der Waals surface area (Å²) in [5, 5.41) is 9.46. The van der Waals surface area contributed by atoms with Crippen LogP contribution in [0.3, 0.4) is 0 Å². The van der Waals surface area contributed by atoms with E-state index in [2.05, 4.69) is 28.4 Å². The summed E-state index contributed by atoms with van der Waals surface area (Å²) in [5.74, 6) is 2.51. The van der Waals surface area contributed by atoms with Gasteiger partial charge in [0.15, 0.2) is 22.5 Å². The molecule has 0 spiro atoms. The second-order valence-corrected chi connectivity index (χ2v) is 8.19. The highest BCUT2D eigenvalue weighted by molar-refractivity contribution is 7.99. The summed E-state index contributed by atoms with van der Waals surface area (Å²) >= 11 is 1.43. The monoisotopic (exact) mass is 438 g/mol. The van der Waals surface area contributed by atoms with Crippen molar-refractivity contribution in [3.63, 3.8) is 0 Å². The molecule has 162 valence electrons. The minimum Gasteiger partial charge on any atom is -0.493 e. The van der Waals surface area contributed by atoms with Gasteiger partial charge in [-0.2, -0.15) is 0 Å². The molecule has 0 bridgehead atoms. The highest BCUT2D eigenvalue weighted by Crippen LogP contribution is 2.33. The van der Waals surface area contributed by atoms with E-state index in [0.717, 1.165) is 29.5 Å². The van der Waals surface area contributed by atoms with E-state index in [1.54, 1.807) is 14.2 Å². The number of thioether (sulfide) groups is 1. The van der Waals surface area contributed by atoms with Crippen molar-refractivity contribution in [2.75, 3.05) is 26.5 Å². The molecule has 1 aliphatic heterocycles. The van der Waals surface area contributed by atoms with Crippen LogP contribution >= 0.6 is 11.8 Å². The SMILES string of the molecule is CCn1c(SCC(=O)N2CCc3ccccc3C2)nnc1-c1ccc(OC)c(OC)c1. The van der Waals surface area contributed by atoms with Gasteiger partial charge in [-0.1, -0.05) is 36.0 Å². The second-order valence-electron chi connectivity index (χ2n) is 7.24. The molecule has 8 heteroatoms. The quantitative estimate of drug-likeness (QED) is 0.525. The average Bonchev–Trinajstić information content (AvgIpc) is 3.24. The lowest BCUT2D eigenvalue weighted by Gasteiger charge is -2.28. The lowest BCUT2D eigenvalue weighted by atomic mass is 10.00. The van der Waals surface area contributed by atoms with E-state index in [4.69, 9.17) is 9.47 Å². The van der Waals surface area contributed by atoms with Crippen molar-refractivity contribution >= 4 is 17.7 Å². The van der Waals surface area contributed by atoms with Crippen molar-refractivity contribution in [1.29, 1.82) is 0 Å². The summed E-state index contributed by atoms with van der Waals surface area (Å²) < 4.78 is 12.7. The summed E-state index contributed by atoms with van der Waals surface area (Å²) in [7, 11) is 3.22. The maximum absolute atomic E-state index is 12.8. The fourth-order valence-electron chi connectivity index (χ4n) is 3.80. The molecule has 7 nitrogen and oxygen atoms in total. The zero-order valence-corrected chi connectivity index (χ0v) is 18.8. The molecule has 0 atom stereocenters. The normalized spacial score (nSPS) is 13.1. The molecule has 0 N–H and O–H groups in total. The number of nitrogens with zero attached hydrogens (tertiary/aromatic N) is 4. The smallest absolute Gasteiger partial charge is 0.233 e. The van der Waals surface area contributed by atoms with Gasteiger partial charge in [0.05, 0.1) is 20.0 Å². The molecule has 4 rings (SSSR count). The third-order valence-electron chi connectivity index (χ3n) is 5.48. The summed E-state index contributed by atoms with van der Waals surface area (Å²) in [6, 6.07) is 14.0. The molecule has 0 saturated heterocycles. The first-order valence-electron chi connectivity index (χ1n) is 10.3. The number of ether oxygens (including phenoxy) is 2. The topological polar surface area (TPSA) is 69.5 Å². The fraction of sp³-hybridized carbons (Fsp3) is 0.348. The first-order valence-corrected chi connectivity index (χ1v) is 11.3. The van der Waals surface area contributed by atoms with Crippen molar-refractivity contribution in [2.24, 2.45) is 0 Å². The highest BCUT2D eigenvalue weighted by Gasteiger charge is 2.22. The summed E-state index contributed by atoms with van der Waals surface area (Å²) in [6.45, 7) is 4.17. The first kappa shape index (κ1) is 21.2. The van der Waals surface area contributed by atoms with Crippen LogP contribution in [0.1, 0.15) is 18.1 Å². The number of benzene rings is 2. The van der Waals surface area contributed by atoms with Gasteiger partial charge in [-0.05, 0) is 42.7 Å². The predicted octanol–water partition coefficient (Wildman–Crippen LogP) is 3.66. The van der Waals surface area contributed by atoms with Gasteiger partial charge in [-0.3, -0.25) is 4.79 Å². The Bertz CT molecular complexity index is 1080. The average molecular weight is 439 g/mol. The lowest BCUT2D eigenvalue weighted by molar-refractivity contribution is -0.129. The maximum atomic E-state index is 12.8. The molecule has 0 unspecified atom stereocenters. The summed E-state index contributed by atoms with van der Waals surface area (Å²) in [6.07, 6.45) is 0.904. The number of carbonyl (C=O) groups excluding carboxylic acids is 1. The molecule has 1 amide bonds. The molecule has 1 aliphatic rings. The third kappa shape index (κ3) is 4.39. The molecule has 3 aromatic rings. The Balaban J connectivity index is 1.47. The molecule has 0 radical (unpaired) electrons. The Kier molecular flexibility index (Phi) is 6.46. The van der Waals surface area contributed by atoms with Crippen LogP contribution in [0.2, 0.25) is 0 Å². The van der Waals surface area contributed by atoms with Crippen LogP contribution in [0.5, 0.6) is 11.5 Å². The molecular weight excluding hydrogens is 412 g/mol. The van der Waals surface area contributed by atoms with E-state index < -0.39 is 0 Å². The van der Waals surface area contributed by atoms with Gasteiger partial charge < -0.3 is 18.9 Å². The Morgan fingerprint density at radius 3 is 2.58 bits per heavy atom. The van der Waals surface area contributed by atoms with Crippen molar-refractivity contribution in [2.45, 2.75) is 31.6 Å². The van der Waals surface area contributed by atoms with Crippen molar-refractivity contribution in [3.05, 3.63) is 53.6 Å². The molecule has 2 heterocycles. The number of hydrogen-bond acceptors (Lipinski definition) is 6. The summed E-state index contributed by atoms with van der Waals surface area (Å²) in [5.41, 5.74) is 3.46. The Morgan fingerprint density at radius 2 is 1.84 bits per heavy atom. The molecule has 0 aliphatic carbocycles. The van der Waals surface area contributed by atoms with Crippen LogP contribution in [0.25, 0.3) is 11.4 Å². The van der Waals surface area contributed by atoms with Crippen molar-refractivity contribution < 1.29 is 14.3 Å². The number of methoxy groups -OCH3 is 2. The minimum atomic E-state index is 0.123. The zero-order valence-electron chi connectivity index (χ0n) is 18.0. The lowest BCUT2D eigenvalue weighted by Crippen LogP contribution is -2.37. The van der Waals surface area contributed by atoms with Gasteiger partial charge in [0.2, 0.25) is 5.91 Å². The molecular formula is C23H26N4O3S. The standard InChI is InChI=1S/C23H26N4O3S/c1-4-27-22(17-9-10-19(29-2)20(13-17)30-3)24-25-23(27)31-15-21(28)26-12-11-16-7-5-6-8-18(16)14-26/h5-10,13H,4,11-12,14-15H2,1-3H3. The van der Waals surface area contributed by atoms with E-state index in [0.29, 0.717) is 30.3 Å². The molecule has 2 aromatic carbocycles. The molecule has 0 fully saturated rings. The van der Waals surface area contributed by atoms with Gasteiger partial charge in [0.25, 0.3) is 0 Å². The van der Waals surface area contributed by atoms with E-state index in [9.17, 15) is 4.79 Å². The van der Waals surface area contributed by atoms with Crippen LogP contribution in [-0.2, 0) is 24.3 Å². The van der Waals surface area contributed by atoms with Crippen LogP contribution in [0, 0.1) is 0 Å². The summed E-state index contributed by atoms with van der Waals surface area (Å²) in [4.78, 5) is 14.8. The number of carbonyl (C=O) groups is 1. The first-order chi connectivity index (χ1) is 15.1. The Hall–Kier alpha value is -3.00. The second kappa shape index (κ2) is 9.43. The molecule has 0 saturated carbocycles. The van der Waals surface area contributed by atoms with Gasteiger partial charge in [0.1, 0.15) is 0 Å². The van der Waals surface area contributed by atoms with Gasteiger partial charge >= 0.3 is 0 Å². The van der Waals surface area contributed by atoms with Crippen molar-refractivity contribution in [3.8, 4) is 22.9 Å². The maximum Gasteiger partial charge on any atom is 0.233 e. The Labute approximate surface area is 186 Å². The number of fused-ring (bicyclic) bond motifs is 1. The Morgan fingerprint density at radius 1 is 1.06 bits per heavy atom. The van der Waals surface area contributed by atoms with Gasteiger partial charge in [-0.25, -0.2) is 0 Å². The van der Waals surface area contributed by atoms with Crippen molar-refractivity contribution in [1.82, 2.24) is 19.7 Å². The van der Waals surface area contributed by atoms with E-state index in [1.807, 2.05) is 40.7 Å². The van der Waals surface area contributed by atoms with E-state index in [-0.39, 0.29) is 5.91 Å². The number of hydrogen-bond donors (Lipinski definition) is 0. The minimum absolute atomic E-state index is 0.123. The van der Waals surface area contributed by atoms with E-state index in [1.165, 1.54) is 22.9 Å². The molecule has 31 heavy (non-hydrogen) atoms. The van der Waals surface area contributed by atoms with Crippen LogP contribution < -0.4 is 9.47 Å². The number of amides is 1. The number of rotatable bonds is 7. The highest BCUT2D eigenvalue weighted by atomic mass is 32.2. The molecule has 1 aromatic heterocycles. The van der Waals surface area contributed by atoms with Crippen LogP contribution in [-0.4, -0.2) is 52.1 Å². The predicted molar refractivity (Wildman–Crippen MR) is 121 cm³/mol. The third-order valence-corrected chi connectivity index (χ3v) is 6.43. The zero-order chi connectivity index (χ0) is 21.8. The largest absolute Gasteiger partial charge is 0.493 e. The number of aromatic nitrogens is 3.